The molecule has 0 heterocycles. The molecule has 3 heteroatoms. The Morgan fingerprint density at radius 1 is 0.314 bits per heavy atom. The molecule has 0 unspecified atom stereocenters. The maximum absolute atomic E-state index is 12.7. The Morgan fingerprint density at radius 2 is 0.486 bits per heavy atom. The van der Waals surface area contributed by atoms with E-state index in [1.54, 1.807) is 0 Å². The van der Waals surface area contributed by atoms with Crippen LogP contribution >= 0.6 is 6.83 Å². The average molecular weight is 519 g/mol. The van der Waals surface area contributed by atoms with E-state index in [4.69, 9.17) is 0 Å². The molecule has 0 aliphatic rings. The summed E-state index contributed by atoms with van der Waals surface area (Å²) in [6.07, 6.45) is 37.3. The van der Waals surface area contributed by atoms with Gasteiger partial charge in [-0.1, -0.05) is 0 Å². The van der Waals surface area contributed by atoms with Crippen LogP contribution in [-0.2, 0) is 0 Å². The molecule has 0 aliphatic heterocycles. The molecular weight excluding hydrogens is 447 g/mol. The van der Waals surface area contributed by atoms with Crippen molar-refractivity contribution in [2.45, 2.75) is 182 Å². The van der Waals surface area contributed by atoms with Gasteiger partial charge in [0.1, 0.15) is 0 Å². The van der Waals surface area contributed by atoms with Crippen LogP contribution in [0.3, 0.4) is 0 Å². The molecule has 0 aromatic heterocycles. The van der Waals surface area contributed by atoms with Crippen molar-refractivity contribution in [2.75, 3.05) is 24.6 Å². The van der Waals surface area contributed by atoms with Gasteiger partial charge in [0.15, 0.2) is 0 Å². The van der Waals surface area contributed by atoms with E-state index in [1.807, 2.05) is 0 Å². The Kier molecular flexibility index (Phi) is 27.8. The zero-order chi connectivity index (χ0) is 25.2. The topological polar surface area (TPSA) is 51.7 Å². The fraction of sp³-hybridized carbons (Fsp3) is 1.00. The molecule has 0 rings (SSSR count). The molecule has 0 aliphatic carbocycles. The molecule has 2 nitrogen and oxygen atoms in total. The van der Waals surface area contributed by atoms with Crippen molar-refractivity contribution >= 4 is 6.83 Å². The monoisotopic (exact) mass is 519 g/mol. The van der Waals surface area contributed by atoms with Crippen molar-refractivity contribution in [1.82, 2.24) is 0 Å². The second-order valence-electron chi connectivity index (χ2n) is 11.9. The Balaban J connectivity index is 0. The predicted molar refractivity (Wildman–Crippen MR) is 166 cm³/mol. The first-order chi connectivity index (χ1) is 16.5. The van der Waals surface area contributed by atoms with Crippen LogP contribution in [0.2, 0.25) is 0 Å². The third kappa shape index (κ3) is 22.1. The molecule has 0 spiro atoms. The van der Waals surface area contributed by atoms with Crippen LogP contribution in [0.5, 0.6) is 0 Å². The molecule has 35 heavy (non-hydrogen) atoms. The van der Waals surface area contributed by atoms with Gasteiger partial charge in [0.05, 0.1) is 0 Å². The fourth-order valence-corrected chi connectivity index (χ4v) is 11.3. The van der Waals surface area contributed by atoms with E-state index < -0.39 is 6.83 Å². The first kappa shape index (κ1) is 37.5. The van der Waals surface area contributed by atoms with Gasteiger partial charge in [-0.15, -0.1) is 0 Å². The Labute approximate surface area is 223 Å². The molecule has 0 saturated carbocycles. The quantitative estimate of drug-likeness (QED) is 0.0812. The molecule has 0 radical (unpaired) electrons. The summed E-state index contributed by atoms with van der Waals surface area (Å²) in [4.78, 5) is 12.7. The minimum Gasteiger partial charge on any atom is -0.412 e. The first-order valence-electron chi connectivity index (χ1n) is 16.3. The number of unbranched alkanes of at least 4 members (excludes halogenated alkanes) is 20. The van der Waals surface area contributed by atoms with E-state index >= 15 is 0 Å². The molecule has 0 aromatic rings. The molecule has 0 saturated heterocycles. The Bertz CT molecular complexity index is 337. The molecule has 3 N–H and O–H groups in total. The van der Waals surface area contributed by atoms with Crippen LogP contribution < -0.4 is 0 Å². The smallest absolute Gasteiger partial charge is 0.412 e. The molecule has 0 atom stereocenters. The largest absolute Gasteiger partial charge is 0.412 e. The van der Waals surface area contributed by atoms with Crippen molar-refractivity contribution in [2.24, 2.45) is 0 Å². The summed E-state index contributed by atoms with van der Waals surface area (Å²) in [7, 11) is 0. The van der Waals surface area contributed by atoms with Crippen molar-refractivity contribution in [3.05, 3.63) is 0 Å². The van der Waals surface area contributed by atoms with Crippen LogP contribution in [0.25, 0.3) is 0 Å². The summed E-state index contributed by atoms with van der Waals surface area (Å²) in [5, 5.41) is 0. The number of hydrogen-bond acceptors (Lipinski definition) is 1. The predicted octanol–water partition coefficient (Wildman–Crippen LogP) is 11.1. The van der Waals surface area contributed by atoms with E-state index in [9.17, 15) is 4.89 Å². The number of rotatable bonds is 28. The summed E-state index contributed by atoms with van der Waals surface area (Å²) >= 11 is 0. The maximum Gasteiger partial charge on any atom is -0.412 e. The van der Waals surface area contributed by atoms with E-state index in [2.05, 4.69) is 27.7 Å². The zero-order valence-electron chi connectivity index (χ0n) is 25.2. The van der Waals surface area contributed by atoms with E-state index in [1.165, 1.54) is 179 Å². The van der Waals surface area contributed by atoms with Gasteiger partial charge in [0, 0.05) is 0 Å². The second-order valence-corrected chi connectivity index (χ2v) is 17.5. The van der Waals surface area contributed by atoms with Crippen LogP contribution in [-0.4, -0.2) is 35.0 Å². The van der Waals surface area contributed by atoms with Gasteiger partial charge < -0.3 is 5.48 Å². The molecule has 0 fully saturated rings. The molecule has 0 bridgehead atoms. The molecule has 0 amide bonds. The first-order valence-corrected chi connectivity index (χ1v) is 19.2. The van der Waals surface area contributed by atoms with Gasteiger partial charge >= 0.3 is 218 Å². The van der Waals surface area contributed by atoms with Crippen molar-refractivity contribution in [3.63, 3.8) is 0 Å². The van der Waals surface area contributed by atoms with Gasteiger partial charge in [-0.05, 0) is 0 Å². The average Bonchev–Trinajstić information content (AvgIpc) is 2.83. The van der Waals surface area contributed by atoms with E-state index in [0.29, 0.717) is 0 Å². The standard InChI is InChI=1S/C32H69OP.H2O/c1-5-9-13-17-21-25-29-34(33,30-26-22-18-14-10-6-2,31-27-23-19-15-11-7-3)32-28-24-20-16-12-8-4;/h33H,5-32H2,1-4H3;1H2. The Hall–Kier alpha value is 0.350. The van der Waals surface area contributed by atoms with Crippen LogP contribution in [0, 0.1) is 0 Å². The van der Waals surface area contributed by atoms with E-state index in [-0.39, 0.29) is 5.48 Å². The van der Waals surface area contributed by atoms with Gasteiger partial charge in [0.25, 0.3) is 0 Å². The molecule has 0 aromatic carbocycles. The normalized spacial score (nSPS) is 12.9. The van der Waals surface area contributed by atoms with Crippen LogP contribution in [0.4, 0.5) is 0 Å². The second kappa shape index (κ2) is 26.0. The molecule has 216 valence electrons. The number of hydrogen-bond donors (Lipinski definition) is 1. The van der Waals surface area contributed by atoms with E-state index in [0.717, 1.165) is 0 Å². The molecular formula is C32H71O2P. The SMILES string of the molecule is CCCCCCCCP(O)(CCCCCCCC)(CCCCCCCC)CCCCCCCC.O. The van der Waals surface area contributed by atoms with Crippen molar-refractivity contribution in [3.8, 4) is 0 Å². The third-order valence-corrected chi connectivity index (χ3v) is 14.2. The zero-order valence-corrected chi connectivity index (χ0v) is 26.1. The maximum atomic E-state index is 12.7. The fourth-order valence-electron chi connectivity index (χ4n) is 5.86. The third-order valence-electron chi connectivity index (χ3n) is 8.34. The summed E-state index contributed by atoms with van der Waals surface area (Å²) in [5.41, 5.74) is 0. The summed E-state index contributed by atoms with van der Waals surface area (Å²) in [5.74, 6) is 0. The minimum atomic E-state index is -2.57. The Morgan fingerprint density at radius 3 is 0.686 bits per heavy atom. The summed E-state index contributed by atoms with van der Waals surface area (Å²) in [6.45, 7) is 6.66. The van der Waals surface area contributed by atoms with Gasteiger partial charge in [-0.2, -0.15) is 0 Å². The van der Waals surface area contributed by atoms with Crippen molar-refractivity contribution in [1.29, 1.82) is 0 Å². The van der Waals surface area contributed by atoms with Crippen LogP contribution in [0.1, 0.15) is 182 Å². The van der Waals surface area contributed by atoms with Gasteiger partial charge in [-0.25, -0.2) is 0 Å². The summed E-state index contributed by atoms with van der Waals surface area (Å²) in [6, 6.07) is 0. The minimum absolute atomic E-state index is 0. The van der Waals surface area contributed by atoms with Gasteiger partial charge in [-0.3, -0.25) is 0 Å². The van der Waals surface area contributed by atoms with Crippen molar-refractivity contribution < 1.29 is 10.4 Å². The van der Waals surface area contributed by atoms with Gasteiger partial charge in [0.2, 0.25) is 0 Å². The van der Waals surface area contributed by atoms with Crippen LogP contribution in [0.15, 0.2) is 0 Å². The summed E-state index contributed by atoms with van der Waals surface area (Å²) < 4.78 is 0.